The molecule has 6 heteroatoms. The van der Waals surface area contributed by atoms with E-state index in [-0.39, 0.29) is 19.2 Å². The number of hydrogen-bond donors (Lipinski definition) is 1. The first-order valence-corrected chi connectivity index (χ1v) is 5.05. The molecule has 15 heavy (non-hydrogen) atoms. The molecule has 1 rings (SSSR count). The number of rotatable bonds is 6. The number of halogens is 3. The fourth-order valence-electron chi connectivity index (χ4n) is 1.68. The zero-order chi connectivity index (χ0) is 11.5. The third-order valence-electron chi connectivity index (χ3n) is 2.68. The van der Waals surface area contributed by atoms with Crippen LogP contribution in [0.25, 0.3) is 0 Å². The van der Waals surface area contributed by atoms with Crippen LogP contribution in [-0.4, -0.2) is 44.0 Å². The number of nitrogens with two attached hydrogens (primary N) is 1. The maximum atomic E-state index is 11.7. The van der Waals surface area contributed by atoms with Crippen molar-refractivity contribution < 1.29 is 17.9 Å². The molecule has 0 bridgehead atoms. The molecule has 0 aromatic carbocycles. The maximum absolute atomic E-state index is 11.7. The van der Waals surface area contributed by atoms with Gasteiger partial charge in [-0.25, -0.2) is 0 Å². The van der Waals surface area contributed by atoms with Crippen molar-refractivity contribution in [1.29, 1.82) is 0 Å². The summed E-state index contributed by atoms with van der Waals surface area (Å²) in [7, 11) is 1.79. The minimum absolute atomic E-state index is 0.196. The predicted octanol–water partition coefficient (Wildman–Crippen LogP) is 1.19. The van der Waals surface area contributed by atoms with Crippen molar-refractivity contribution in [2.75, 3.05) is 26.7 Å². The third kappa shape index (κ3) is 4.81. The van der Waals surface area contributed by atoms with Crippen molar-refractivity contribution in [3.05, 3.63) is 0 Å². The van der Waals surface area contributed by atoms with Gasteiger partial charge < -0.3 is 5.73 Å². The summed E-state index contributed by atoms with van der Waals surface area (Å²) in [5, 5.41) is 0. The Hall–Kier alpha value is -0.330. The predicted molar refractivity (Wildman–Crippen MR) is 50.2 cm³/mol. The molecule has 3 nitrogen and oxygen atoms in total. The second-order valence-corrected chi connectivity index (χ2v) is 3.92. The van der Waals surface area contributed by atoms with Crippen molar-refractivity contribution in [3.63, 3.8) is 0 Å². The van der Waals surface area contributed by atoms with E-state index in [0.717, 1.165) is 12.8 Å². The molecule has 90 valence electrons. The summed E-state index contributed by atoms with van der Waals surface area (Å²) in [6.07, 6.45) is -2.27. The Morgan fingerprint density at radius 1 is 1.47 bits per heavy atom. The molecule has 1 aliphatic rings. The zero-order valence-corrected chi connectivity index (χ0v) is 8.76. The number of likely N-dealkylation sites (N-methyl/N-ethyl adjacent to an activating group) is 1. The highest BCUT2D eigenvalue weighted by Crippen LogP contribution is 2.34. The maximum Gasteiger partial charge on any atom is 0.522 e. The van der Waals surface area contributed by atoms with Gasteiger partial charge in [-0.15, -0.1) is 13.2 Å². The monoisotopic (exact) mass is 226 g/mol. The Kier molecular flexibility index (Phi) is 4.36. The van der Waals surface area contributed by atoms with Crippen LogP contribution in [0.2, 0.25) is 0 Å². The van der Waals surface area contributed by atoms with E-state index in [4.69, 9.17) is 5.73 Å². The van der Waals surface area contributed by atoms with E-state index in [9.17, 15) is 13.2 Å². The lowest BCUT2D eigenvalue weighted by Crippen LogP contribution is -2.41. The molecule has 2 N–H and O–H groups in total. The van der Waals surface area contributed by atoms with E-state index in [1.165, 1.54) is 0 Å². The summed E-state index contributed by atoms with van der Waals surface area (Å²) < 4.78 is 38.8. The average molecular weight is 226 g/mol. The van der Waals surface area contributed by atoms with E-state index in [2.05, 4.69) is 4.74 Å². The standard InChI is InChI=1S/C9H17F3N2O/c1-14(4-5-15-9(10,11)12)8(6-13)7-2-3-7/h7-8H,2-6,13H2,1H3. The molecule has 1 unspecified atom stereocenters. The summed E-state index contributed by atoms with van der Waals surface area (Å²) in [4.78, 5) is 1.85. The topological polar surface area (TPSA) is 38.5 Å². The highest BCUT2D eigenvalue weighted by molar-refractivity contribution is 4.87. The van der Waals surface area contributed by atoms with Crippen LogP contribution in [0, 0.1) is 5.92 Å². The Bertz CT molecular complexity index is 194. The van der Waals surface area contributed by atoms with Gasteiger partial charge >= 0.3 is 6.36 Å². The van der Waals surface area contributed by atoms with E-state index < -0.39 is 6.36 Å². The fourth-order valence-corrected chi connectivity index (χ4v) is 1.68. The first-order chi connectivity index (χ1) is 6.94. The molecule has 0 aliphatic heterocycles. The Balaban J connectivity index is 2.19. The summed E-state index contributed by atoms with van der Waals surface area (Å²) in [6, 6.07) is 0.196. The van der Waals surface area contributed by atoms with Gasteiger partial charge in [0.1, 0.15) is 0 Å². The molecular weight excluding hydrogens is 209 g/mol. The Morgan fingerprint density at radius 3 is 2.47 bits per heavy atom. The van der Waals surface area contributed by atoms with Crippen LogP contribution in [0.15, 0.2) is 0 Å². The second kappa shape index (κ2) is 5.14. The first kappa shape index (κ1) is 12.7. The minimum Gasteiger partial charge on any atom is -0.329 e. The smallest absolute Gasteiger partial charge is 0.329 e. The van der Waals surface area contributed by atoms with Crippen molar-refractivity contribution in [2.45, 2.75) is 25.2 Å². The van der Waals surface area contributed by atoms with Crippen LogP contribution in [0.1, 0.15) is 12.8 Å². The normalized spacial score (nSPS) is 19.6. The largest absolute Gasteiger partial charge is 0.522 e. The fraction of sp³-hybridized carbons (Fsp3) is 1.00. The summed E-state index contributed by atoms with van der Waals surface area (Å²) in [6.45, 7) is 0.425. The molecule has 1 atom stereocenters. The van der Waals surface area contributed by atoms with Gasteiger partial charge in [0.25, 0.3) is 0 Å². The molecular formula is C9H17F3N2O. The molecule has 0 aromatic heterocycles. The molecule has 0 heterocycles. The van der Waals surface area contributed by atoms with Gasteiger partial charge in [0.2, 0.25) is 0 Å². The number of ether oxygens (including phenoxy) is 1. The summed E-state index contributed by atoms with van der Waals surface area (Å²) in [5.41, 5.74) is 5.57. The van der Waals surface area contributed by atoms with Crippen LogP contribution in [0.4, 0.5) is 13.2 Å². The van der Waals surface area contributed by atoms with Crippen molar-refractivity contribution in [1.82, 2.24) is 4.90 Å². The van der Waals surface area contributed by atoms with Gasteiger partial charge in [0.15, 0.2) is 0 Å². The number of alkyl halides is 3. The molecule has 0 spiro atoms. The van der Waals surface area contributed by atoms with Gasteiger partial charge in [-0.3, -0.25) is 9.64 Å². The van der Waals surface area contributed by atoms with Crippen LogP contribution < -0.4 is 5.73 Å². The Labute approximate surface area is 87.4 Å². The van der Waals surface area contributed by atoms with Gasteiger partial charge in [-0.2, -0.15) is 0 Å². The Morgan fingerprint density at radius 2 is 2.07 bits per heavy atom. The van der Waals surface area contributed by atoms with Crippen LogP contribution in [-0.2, 0) is 4.74 Å². The molecule has 0 radical (unpaired) electrons. The van der Waals surface area contributed by atoms with Crippen LogP contribution in [0.5, 0.6) is 0 Å². The summed E-state index contributed by atoms with van der Waals surface area (Å²) in [5.74, 6) is 0.561. The van der Waals surface area contributed by atoms with Crippen molar-refractivity contribution >= 4 is 0 Å². The van der Waals surface area contributed by atoms with Gasteiger partial charge in [0, 0.05) is 19.1 Å². The SMILES string of the molecule is CN(CCOC(F)(F)F)C(CN)C1CC1. The number of hydrogen-bond acceptors (Lipinski definition) is 3. The number of nitrogens with zero attached hydrogens (tertiary/aromatic N) is 1. The van der Waals surface area contributed by atoms with Crippen LogP contribution >= 0.6 is 0 Å². The van der Waals surface area contributed by atoms with E-state index in [1.807, 2.05) is 4.90 Å². The molecule has 0 aromatic rings. The zero-order valence-electron chi connectivity index (χ0n) is 8.76. The second-order valence-electron chi connectivity index (χ2n) is 3.92. The van der Waals surface area contributed by atoms with Crippen molar-refractivity contribution in [3.8, 4) is 0 Å². The van der Waals surface area contributed by atoms with Gasteiger partial charge in [-0.05, 0) is 25.8 Å². The lowest BCUT2D eigenvalue weighted by Gasteiger charge is -2.26. The lowest BCUT2D eigenvalue weighted by atomic mass is 10.1. The first-order valence-electron chi connectivity index (χ1n) is 5.05. The lowest BCUT2D eigenvalue weighted by molar-refractivity contribution is -0.325. The van der Waals surface area contributed by atoms with Crippen molar-refractivity contribution in [2.24, 2.45) is 11.7 Å². The van der Waals surface area contributed by atoms with E-state index in [0.29, 0.717) is 12.5 Å². The molecule has 1 fully saturated rings. The van der Waals surface area contributed by atoms with E-state index in [1.54, 1.807) is 7.05 Å². The quantitative estimate of drug-likeness (QED) is 0.739. The van der Waals surface area contributed by atoms with E-state index >= 15 is 0 Å². The summed E-state index contributed by atoms with van der Waals surface area (Å²) >= 11 is 0. The molecule has 0 amide bonds. The highest BCUT2D eigenvalue weighted by Gasteiger charge is 2.33. The molecule has 0 saturated heterocycles. The van der Waals surface area contributed by atoms with Crippen LogP contribution in [0.3, 0.4) is 0 Å². The minimum atomic E-state index is -4.53. The average Bonchev–Trinajstić information content (AvgIpc) is 2.87. The highest BCUT2D eigenvalue weighted by atomic mass is 19.4. The molecule has 1 aliphatic carbocycles. The van der Waals surface area contributed by atoms with Gasteiger partial charge in [-0.1, -0.05) is 0 Å². The molecule has 1 saturated carbocycles. The van der Waals surface area contributed by atoms with Gasteiger partial charge in [0.05, 0.1) is 6.61 Å². The third-order valence-corrected chi connectivity index (χ3v) is 2.68.